The molecule has 21 heavy (non-hydrogen) atoms. The van der Waals surface area contributed by atoms with Crippen LogP contribution in [-0.4, -0.2) is 34.6 Å². The molecular weight excluding hydrogens is 327 g/mol. The number of nitrogens with one attached hydrogen (secondary N) is 1. The average molecular weight is 340 g/mol. The first-order valence-corrected chi connectivity index (χ1v) is 6.96. The second kappa shape index (κ2) is 6.34. The van der Waals surface area contributed by atoms with E-state index in [0.717, 1.165) is 12.1 Å². The lowest BCUT2D eigenvalue weighted by Gasteiger charge is -2.13. The summed E-state index contributed by atoms with van der Waals surface area (Å²) < 4.78 is 29.7. The van der Waals surface area contributed by atoms with Gasteiger partial charge in [-0.25, -0.2) is 8.78 Å². The molecule has 1 fully saturated rings. The molecule has 1 aromatic rings. The van der Waals surface area contributed by atoms with E-state index in [1.807, 2.05) is 0 Å². The fourth-order valence-corrected chi connectivity index (χ4v) is 2.16. The molecule has 2 atom stereocenters. The van der Waals surface area contributed by atoms with Crippen molar-refractivity contribution in [3.8, 4) is 5.75 Å². The zero-order valence-electron chi connectivity index (χ0n) is 10.8. The Morgan fingerprint density at radius 1 is 1.48 bits per heavy atom. The Morgan fingerprint density at radius 2 is 2.14 bits per heavy atom. The lowest BCUT2D eigenvalue weighted by Crippen LogP contribution is -2.36. The zero-order valence-corrected chi connectivity index (χ0v) is 12.3. The van der Waals surface area contributed by atoms with Crippen molar-refractivity contribution in [3.63, 3.8) is 0 Å². The summed E-state index contributed by atoms with van der Waals surface area (Å²) in [7, 11) is 0. The van der Waals surface area contributed by atoms with Gasteiger partial charge in [0.2, 0.25) is 5.91 Å². The number of rotatable bonds is 6. The van der Waals surface area contributed by atoms with Crippen LogP contribution in [0.25, 0.3) is 0 Å². The van der Waals surface area contributed by atoms with Gasteiger partial charge in [-0.1, -0.05) is 0 Å². The summed E-state index contributed by atoms with van der Waals surface area (Å²) in [4.78, 5) is 11.6. The van der Waals surface area contributed by atoms with Crippen molar-refractivity contribution in [1.29, 1.82) is 0 Å². The number of aliphatic hydroxyl groups is 1. The third-order valence-electron chi connectivity index (χ3n) is 2.99. The molecule has 2 N–H and O–H groups in total. The number of carbonyl (C=O) groups is 1. The molecule has 0 bridgehead atoms. The fraction of sp³-hybridized carbons (Fsp3) is 0.462. The highest BCUT2D eigenvalue weighted by Crippen LogP contribution is 2.53. The van der Waals surface area contributed by atoms with Crippen molar-refractivity contribution >= 4 is 29.1 Å². The van der Waals surface area contributed by atoms with Crippen molar-refractivity contribution in [2.24, 2.45) is 5.92 Å². The van der Waals surface area contributed by atoms with E-state index in [2.05, 4.69) is 5.32 Å². The minimum Gasteiger partial charge on any atom is -0.491 e. The summed E-state index contributed by atoms with van der Waals surface area (Å²) in [5.74, 6) is -2.75. The number of amides is 1. The minimum absolute atomic E-state index is 0.0527. The van der Waals surface area contributed by atoms with Crippen LogP contribution in [-0.2, 0) is 4.79 Å². The second-order valence-corrected chi connectivity index (χ2v) is 6.35. The van der Waals surface area contributed by atoms with Crippen LogP contribution in [0.3, 0.4) is 0 Å². The molecule has 0 aromatic heterocycles. The smallest absolute Gasteiger partial charge is 0.226 e. The number of hydrogen-bond acceptors (Lipinski definition) is 3. The van der Waals surface area contributed by atoms with Crippen LogP contribution in [0.1, 0.15) is 6.42 Å². The number of halogens is 4. The highest BCUT2D eigenvalue weighted by molar-refractivity contribution is 6.52. The van der Waals surface area contributed by atoms with E-state index in [1.165, 1.54) is 6.07 Å². The molecule has 2 unspecified atom stereocenters. The Balaban J connectivity index is 1.71. The molecule has 116 valence electrons. The SMILES string of the molecule is O=C(NCC(O)COc1ccc(F)c(F)c1)C1CC1(Cl)Cl. The van der Waals surface area contributed by atoms with Crippen LogP contribution in [0, 0.1) is 17.6 Å². The van der Waals surface area contributed by atoms with E-state index in [1.54, 1.807) is 0 Å². The summed E-state index contributed by atoms with van der Waals surface area (Å²) in [6.07, 6.45) is -0.621. The topological polar surface area (TPSA) is 58.6 Å². The molecule has 2 rings (SSSR count). The van der Waals surface area contributed by atoms with Crippen molar-refractivity contribution in [2.45, 2.75) is 16.9 Å². The number of alkyl halides is 2. The Hall–Kier alpha value is -1.11. The van der Waals surface area contributed by atoms with Crippen LogP contribution < -0.4 is 10.1 Å². The Kier molecular flexibility index (Phi) is 4.91. The van der Waals surface area contributed by atoms with Gasteiger partial charge < -0.3 is 15.2 Å². The molecule has 0 aliphatic heterocycles. The van der Waals surface area contributed by atoms with Gasteiger partial charge in [-0.15, -0.1) is 23.2 Å². The Morgan fingerprint density at radius 3 is 2.71 bits per heavy atom. The summed E-state index contributed by atoms with van der Waals surface area (Å²) in [5, 5.41) is 12.1. The average Bonchev–Trinajstić information content (AvgIpc) is 3.06. The van der Waals surface area contributed by atoms with Gasteiger partial charge in [0.05, 0.1) is 5.92 Å². The lowest BCUT2D eigenvalue weighted by atomic mass is 10.3. The van der Waals surface area contributed by atoms with E-state index in [-0.39, 0.29) is 24.8 Å². The standard InChI is InChI=1S/C13H13Cl2F2NO3/c14-13(15)4-9(13)12(20)18-5-7(19)6-21-8-1-2-10(16)11(17)3-8/h1-3,7,9,19H,4-6H2,(H,18,20). The highest BCUT2D eigenvalue weighted by Gasteiger charge is 2.56. The molecular formula is C13H13Cl2F2NO3. The lowest BCUT2D eigenvalue weighted by molar-refractivity contribution is -0.122. The van der Waals surface area contributed by atoms with Crippen molar-refractivity contribution in [2.75, 3.05) is 13.2 Å². The molecule has 0 saturated heterocycles. The third-order valence-corrected chi connectivity index (χ3v) is 3.82. The minimum atomic E-state index is -1.04. The molecule has 0 spiro atoms. The van der Waals surface area contributed by atoms with Gasteiger partial charge in [-0.05, 0) is 18.6 Å². The number of ether oxygens (including phenoxy) is 1. The summed E-state index contributed by atoms with van der Waals surface area (Å²) in [6, 6.07) is 3.04. The van der Waals surface area contributed by atoms with E-state index in [0.29, 0.717) is 6.42 Å². The molecule has 0 radical (unpaired) electrons. The van der Waals surface area contributed by atoms with E-state index in [9.17, 15) is 18.7 Å². The predicted molar refractivity (Wildman–Crippen MR) is 73.4 cm³/mol. The number of benzene rings is 1. The summed E-state index contributed by atoms with van der Waals surface area (Å²) in [6.45, 7) is -0.230. The number of aliphatic hydroxyl groups excluding tert-OH is 1. The van der Waals surface area contributed by atoms with Crippen molar-refractivity contribution in [3.05, 3.63) is 29.8 Å². The van der Waals surface area contributed by atoms with Gasteiger partial charge >= 0.3 is 0 Å². The Labute approximate surface area is 130 Å². The maximum Gasteiger partial charge on any atom is 0.226 e. The molecule has 1 amide bonds. The molecule has 1 aliphatic carbocycles. The van der Waals surface area contributed by atoms with Crippen LogP contribution in [0.2, 0.25) is 0 Å². The summed E-state index contributed by atoms with van der Waals surface area (Å²) >= 11 is 11.5. The van der Waals surface area contributed by atoms with Crippen LogP contribution >= 0.6 is 23.2 Å². The Bertz CT molecular complexity index is 542. The third kappa shape index (κ3) is 4.43. The molecule has 4 nitrogen and oxygen atoms in total. The van der Waals surface area contributed by atoms with Gasteiger partial charge in [0.15, 0.2) is 11.6 Å². The van der Waals surface area contributed by atoms with E-state index >= 15 is 0 Å². The fourth-order valence-electron chi connectivity index (χ4n) is 1.66. The monoisotopic (exact) mass is 339 g/mol. The highest BCUT2D eigenvalue weighted by atomic mass is 35.5. The molecule has 1 aliphatic rings. The molecule has 1 aromatic carbocycles. The molecule has 0 heterocycles. The van der Waals surface area contributed by atoms with Crippen molar-refractivity contribution < 1.29 is 23.4 Å². The van der Waals surface area contributed by atoms with Crippen LogP contribution in [0.15, 0.2) is 18.2 Å². The number of carbonyl (C=O) groups excluding carboxylic acids is 1. The van der Waals surface area contributed by atoms with Gasteiger partial charge in [-0.3, -0.25) is 4.79 Å². The van der Waals surface area contributed by atoms with Crippen LogP contribution in [0.4, 0.5) is 8.78 Å². The van der Waals surface area contributed by atoms with Gasteiger partial charge in [0.25, 0.3) is 0 Å². The van der Waals surface area contributed by atoms with Gasteiger partial charge in [0.1, 0.15) is 22.8 Å². The van der Waals surface area contributed by atoms with E-state index in [4.69, 9.17) is 27.9 Å². The first-order chi connectivity index (χ1) is 9.79. The maximum atomic E-state index is 12.9. The maximum absolute atomic E-state index is 12.9. The van der Waals surface area contributed by atoms with E-state index < -0.39 is 28.0 Å². The first kappa shape index (κ1) is 16.3. The second-order valence-electron chi connectivity index (χ2n) is 4.80. The van der Waals surface area contributed by atoms with Crippen molar-refractivity contribution in [1.82, 2.24) is 5.32 Å². The van der Waals surface area contributed by atoms with Crippen LogP contribution in [0.5, 0.6) is 5.75 Å². The number of hydrogen-bond donors (Lipinski definition) is 2. The molecule has 8 heteroatoms. The van der Waals surface area contributed by atoms with Gasteiger partial charge in [-0.2, -0.15) is 0 Å². The molecule has 1 saturated carbocycles. The normalized spacial score (nSPS) is 20.7. The first-order valence-electron chi connectivity index (χ1n) is 6.21. The largest absolute Gasteiger partial charge is 0.491 e. The summed E-state index contributed by atoms with van der Waals surface area (Å²) in [5.41, 5.74) is 0. The zero-order chi connectivity index (χ0) is 15.6. The predicted octanol–water partition coefficient (Wildman–Crippen LogP) is 2.01. The quantitative estimate of drug-likeness (QED) is 0.779. The van der Waals surface area contributed by atoms with Gasteiger partial charge in [0, 0.05) is 12.6 Å².